The molecule has 0 aromatic rings. The van der Waals surface area contributed by atoms with Gasteiger partial charge >= 0.3 is 0 Å². The molecule has 3 amide bonds. The minimum atomic E-state index is -0.314. The van der Waals surface area contributed by atoms with Crippen molar-refractivity contribution in [2.24, 2.45) is 29.6 Å². The van der Waals surface area contributed by atoms with Gasteiger partial charge in [-0.05, 0) is 68.1 Å². The molecule has 0 unspecified atom stereocenters. The predicted octanol–water partition coefficient (Wildman–Crippen LogP) is 3.13. The number of carbonyl (C=O) groups is 3. The molecule has 0 bridgehead atoms. The highest BCUT2D eigenvalue weighted by Crippen LogP contribution is 2.40. The van der Waals surface area contributed by atoms with E-state index in [-0.39, 0.29) is 29.8 Å². The lowest BCUT2D eigenvalue weighted by atomic mass is 9.91. The summed E-state index contributed by atoms with van der Waals surface area (Å²) in [5, 5.41) is 3.46. The van der Waals surface area contributed by atoms with Crippen molar-refractivity contribution in [3.8, 4) is 0 Å². The molecule has 1 N–H and O–H groups in total. The lowest BCUT2D eigenvalue weighted by molar-refractivity contribution is -0.151. The predicted molar refractivity (Wildman–Crippen MR) is 138 cm³/mol. The van der Waals surface area contributed by atoms with Gasteiger partial charge in [0.05, 0.1) is 6.04 Å². The van der Waals surface area contributed by atoms with Gasteiger partial charge in [0.15, 0.2) is 0 Å². The standard InChI is InChI=1S/C28H48N4O3/c1-19(2)9-13-30(4)25(33)18-22-10-14-31(15-11-22)27(34)24(17-21-5-6-21)32-16-12-29-26(28(32)35)20(3)23-7-8-23/h19-24,26,29H,5-18H2,1-4H3/t20-,24-,26-/m0/s1. The number of amides is 3. The molecule has 2 saturated heterocycles. The normalized spacial score (nSPS) is 25.6. The molecule has 0 aromatic heterocycles. The van der Waals surface area contributed by atoms with Crippen LogP contribution in [0.3, 0.4) is 0 Å². The van der Waals surface area contributed by atoms with Crippen molar-refractivity contribution in [2.75, 3.05) is 39.8 Å². The Hall–Kier alpha value is -1.63. The summed E-state index contributed by atoms with van der Waals surface area (Å²) in [7, 11) is 1.91. The smallest absolute Gasteiger partial charge is 0.245 e. The number of likely N-dealkylation sites (tertiary alicyclic amines) is 1. The van der Waals surface area contributed by atoms with Crippen molar-refractivity contribution in [3.05, 3.63) is 0 Å². The second kappa shape index (κ2) is 11.6. The maximum Gasteiger partial charge on any atom is 0.245 e. The molecule has 0 radical (unpaired) electrons. The molecule has 0 spiro atoms. The molecular formula is C28H48N4O3. The highest BCUT2D eigenvalue weighted by Gasteiger charge is 2.45. The van der Waals surface area contributed by atoms with E-state index in [0.29, 0.717) is 55.6 Å². The molecule has 3 atom stereocenters. The zero-order chi connectivity index (χ0) is 25.1. The largest absolute Gasteiger partial charge is 0.346 e. The van der Waals surface area contributed by atoms with Gasteiger partial charge < -0.3 is 20.0 Å². The SMILES string of the molecule is CC(C)CCN(C)C(=O)CC1CCN(C(=O)[C@H](CC2CC2)N2CCN[C@@H]([C@@H](C)C3CC3)C2=O)CC1. The fourth-order valence-corrected chi connectivity index (χ4v) is 5.91. The average Bonchev–Trinajstić information content (AvgIpc) is 3.75. The van der Waals surface area contributed by atoms with Gasteiger partial charge in [0.25, 0.3) is 0 Å². The zero-order valence-corrected chi connectivity index (χ0v) is 22.5. The molecule has 2 aliphatic heterocycles. The molecule has 198 valence electrons. The van der Waals surface area contributed by atoms with E-state index in [2.05, 4.69) is 26.1 Å². The lowest BCUT2D eigenvalue weighted by Crippen LogP contribution is -2.63. The minimum absolute atomic E-state index is 0.138. The Balaban J connectivity index is 1.31. The van der Waals surface area contributed by atoms with Gasteiger partial charge in [0, 0.05) is 46.2 Å². The summed E-state index contributed by atoms with van der Waals surface area (Å²) in [6, 6.07) is -0.457. The van der Waals surface area contributed by atoms with Crippen molar-refractivity contribution in [2.45, 2.75) is 90.6 Å². The molecular weight excluding hydrogens is 440 g/mol. The Morgan fingerprint density at radius 2 is 1.69 bits per heavy atom. The van der Waals surface area contributed by atoms with Crippen LogP contribution in [0.25, 0.3) is 0 Å². The third-order valence-corrected chi connectivity index (χ3v) is 8.93. The van der Waals surface area contributed by atoms with Gasteiger partial charge in [-0.25, -0.2) is 0 Å². The maximum atomic E-state index is 13.8. The Morgan fingerprint density at radius 1 is 1.00 bits per heavy atom. The molecule has 4 aliphatic rings. The third-order valence-electron chi connectivity index (χ3n) is 8.93. The van der Waals surface area contributed by atoms with Gasteiger partial charge in [0.2, 0.25) is 17.7 Å². The van der Waals surface area contributed by atoms with Gasteiger partial charge in [0.1, 0.15) is 6.04 Å². The molecule has 7 nitrogen and oxygen atoms in total. The first-order chi connectivity index (χ1) is 16.7. The second-order valence-electron chi connectivity index (χ2n) is 12.3. The third kappa shape index (κ3) is 6.99. The number of nitrogens with one attached hydrogen (secondary N) is 1. The number of hydrogen-bond donors (Lipinski definition) is 1. The summed E-state index contributed by atoms with van der Waals surface area (Å²) in [6.07, 6.45) is 8.99. The molecule has 4 fully saturated rings. The van der Waals surface area contributed by atoms with Crippen molar-refractivity contribution in [1.82, 2.24) is 20.0 Å². The Bertz CT molecular complexity index is 755. The fourth-order valence-electron chi connectivity index (χ4n) is 5.91. The summed E-state index contributed by atoms with van der Waals surface area (Å²) in [5.41, 5.74) is 0. The quantitative estimate of drug-likeness (QED) is 0.485. The number of piperidine rings is 1. The topological polar surface area (TPSA) is 73.0 Å². The molecule has 2 aliphatic carbocycles. The van der Waals surface area contributed by atoms with Crippen molar-refractivity contribution in [3.63, 3.8) is 0 Å². The summed E-state index contributed by atoms with van der Waals surface area (Å²) in [6.45, 7) is 10.2. The van der Waals surface area contributed by atoms with Gasteiger partial charge in [-0.15, -0.1) is 0 Å². The van der Waals surface area contributed by atoms with E-state index >= 15 is 0 Å². The van der Waals surface area contributed by atoms with Crippen molar-refractivity contribution in [1.29, 1.82) is 0 Å². The Morgan fingerprint density at radius 3 is 2.29 bits per heavy atom. The summed E-state index contributed by atoms with van der Waals surface area (Å²) in [5.74, 6) is 3.03. The van der Waals surface area contributed by atoms with Crippen LogP contribution in [0.5, 0.6) is 0 Å². The summed E-state index contributed by atoms with van der Waals surface area (Å²) >= 11 is 0. The van der Waals surface area contributed by atoms with E-state index in [1.807, 2.05) is 21.7 Å². The maximum absolute atomic E-state index is 13.8. The van der Waals surface area contributed by atoms with E-state index in [9.17, 15) is 14.4 Å². The van der Waals surface area contributed by atoms with Gasteiger partial charge in [-0.2, -0.15) is 0 Å². The zero-order valence-electron chi connectivity index (χ0n) is 22.5. The number of carbonyl (C=O) groups excluding carboxylic acids is 3. The van der Waals surface area contributed by atoms with E-state index < -0.39 is 0 Å². The summed E-state index contributed by atoms with van der Waals surface area (Å²) < 4.78 is 0. The molecule has 7 heteroatoms. The van der Waals surface area contributed by atoms with Crippen LogP contribution in [0, 0.1) is 29.6 Å². The van der Waals surface area contributed by atoms with E-state index in [1.165, 1.54) is 25.7 Å². The van der Waals surface area contributed by atoms with E-state index in [4.69, 9.17) is 0 Å². The van der Waals surface area contributed by atoms with Crippen LogP contribution >= 0.6 is 0 Å². The van der Waals surface area contributed by atoms with Crippen LogP contribution in [-0.2, 0) is 14.4 Å². The monoisotopic (exact) mass is 488 g/mol. The molecule has 35 heavy (non-hydrogen) atoms. The summed E-state index contributed by atoms with van der Waals surface area (Å²) in [4.78, 5) is 45.7. The highest BCUT2D eigenvalue weighted by molar-refractivity contribution is 5.90. The van der Waals surface area contributed by atoms with Gasteiger partial charge in [-0.3, -0.25) is 14.4 Å². The Labute approximate surface area is 212 Å². The minimum Gasteiger partial charge on any atom is -0.346 e. The lowest BCUT2D eigenvalue weighted by Gasteiger charge is -2.42. The van der Waals surface area contributed by atoms with E-state index in [1.54, 1.807) is 0 Å². The fraction of sp³-hybridized carbons (Fsp3) is 0.893. The van der Waals surface area contributed by atoms with Crippen LogP contribution in [0.15, 0.2) is 0 Å². The Kier molecular flexibility index (Phi) is 8.77. The van der Waals surface area contributed by atoms with E-state index in [0.717, 1.165) is 38.8 Å². The first kappa shape index (κ1) is 26.4. The van der Waals surface area contributed by atoms with Gasteiger partial charge in [-0.1, -0.05) is 33.6 Å². The number of nitrogens with zero attached hydrogens (tertiary/aromatic N) is 3. The van der Waals surface area contributed by atoms with Crippen molar-refractivity contribution >= 4 is 17.7 Å². The van der Waals surface area contributed by atoms with Crippen LogP contribution in [-0.4, -0.2) is 84.3 Å². The van der Waals surface area contributed by atoms with Crippen LogP contribution < -0.4 is 5.32 Å². The van der Waals surface area contributed by atoms with Crippen LogP contribution in [0.4, 0.5) is 0 Å². The highest BCUT2D eigenvalue weighted by atomic mass is 16.2. The molecule has 2 saturated carbocycles. The first-order valence-electron chi connectivity index (χ1n) is 14.3. The van der Waals surface area contributed by atoms with Crippen LogP contribution in [0.2, 0.25) is 0 Å². The average molecular weight is 489 g/mol. The number of piperazine rings is 1. The molecule has 2 heterocycles. The number of hydrogen-bond acceptors (Lipinski definition) is 4. The van der Waals surface area contributed by atoms with Crippen molar-refractivity contribution < 1.29 is 14.4 Å². The first-order valence-corrected chi connectivity index (χ1v) is 14.3. The second-order valence-corrected chi connectivity index (χ2v) is 12.3. The van der Waals surface area contributed by atoms with Crippen LogP contribution in [0.1, 0.15) is 78.6 Å². The molecule has 4 rings (SSSR count). The molecule has 0 aromatic carbocycles. The number of rotatable bonds is 11.